The van der Waals surface area contributed by atoms with Crippen LogP contribution in [0, 0.1) is 5.92 Å². The van der Waals surface area contributed by atoms with Crippen LogP contribution in [0.2, 0.25) is 5.02 Å². The van der Waals surface area contributed by atoms with Crippen molar-refractivity contribution in [3.8, 4) is 11.5 Å². The lowest BCUT2D eigenvalue weighted by molar-refractivity contribution is -0.118. The van der Waals surface area contributed by atoms with Gasteiger partial charge in [0.15, 0.2) is 11.5 Å². The molecule has 1 N–H and O–H groups in total. The molecule has 0 bridgehead atoms. The summed E-state index contributed by atoms with van der Waals surface area (Å²) in [4.78, 5) is 18.0. The van der Waals surface area contributed by atoms with Crippen molar-refractivity contribution in [3.63, 3.8) is 0 Å². The largest absolute Gasteiger partial charge is 0.493 e. The molecule has 2 aliphatic rings. The normalized spacial score (nSPS) is 19.4. The van der Waals surface area contributed by atoms with Crippen LogP contribution < -0.4 is 14.4 Å². The number of carbonyl (C=O) groups excluding carboxylic acids is 1. The fraction of sp³-hybridized carbons (Fsp3) is 0.424. The molecular formula is C33H39ClN2O4. The van der Waals surface area contributed by atoms with Crippen molar-refractivity contribution in [2.75, 3.05) is 25.1 Å². The molecule has 0 spiro atoms. The van der Waals surface area contributed by atoms with E-state index in [9.17, 15) is 9.90 Å². The molecule has 0 saturated carbocycles. The number of aliphatic hydroxyl groups is 1. The predicted molar refractivity (Wildman–Crippen MR) is 159 cm³/mol. The van der Waals surface area contributed by atoms with E-state index in [0.717, 1.165) is 41.0 Å². The highest BCUT2D eigenvalue weighted by molar-refractivity contribution is 6.30. The van der Waals surface area contributed by atoms with E-state index in [2.05, 4.69) is 18.7 Å². The number of halogens is 1. The summed E-state index contributed by atoms with van der Waals surface area (Å²) >= 11 is 6.24. The Balaban J connectivity index is 1.54. The Hall–Kier alpha value is -3.06. The van der Waals surface area contributed by atoms with Crippen molar-refractivity contribution < 1.29 is 19.4 Å². The van der Waals surface area contributed by atoms with E-state index in [1.165, 1.54) is 0 Å². The number of hydrogen-bond donors (Lipinski definition) is 1. The van der Waals surface area contributed by atoms with Crippen LogP contribution in [0.25, 0.3) is 0 Å². The molecule has 1 unspecified atom stereocenters. The quantitative estimate of drug-likeness (QED) is 0.346. The third-order valence-electron chi connectivity index (χ3n) is 8.30. The second-order valence-electron chi connectivity index (χ2n) is 11.7. The molecule has 1 saturated heterocycles. The van der Waals surface area contributed by atoms with E-state index in [0.29, 0.717) is 22.6 Å². The third-order valence-corrected chi connectivity index (χ3v) is 8.55. The molecular weight excluding hydrogens is 524 g/mol. The number of amides is 1. The first-order valence-electron chi connectivity index (χ1n) is 14.0. The number of anilines is 1. The average molecular weight is 563 g/mol. The number of carbonyl (C=O) groups is 1. The second kappa shape index (κ2) is 11.1. The Morgan fingerprint density at radius 1 is 0.975 bits per heavy atom. The smallest absolute Gasteiger partial charge is 0.232 e. The lowest BCUT2D eigenvalue weighted by Gasteiger charge is -2.48. The van der Waals surface area contributed by atoms with Gasteiger partial charge in [-0.15, -0.1) is 0 Å². The van der Waals surface area contributed by atoms with Crippen molar-refractivity contribution >= 4 is 23.2 Å². The lowest BCUT2D eigenvalue weighted by atomic mass is 9.77. The minimum Gasteiger partial charge on any atom is -0.493 e. The summed E-state index contributed by atoms with van der Waals surface area (Å²) in [6.07, 6.45) is 0.204. The zero-order valence-corrected chi connectivity index (χ0v) is 24.9. The van der Waals surface area contributed by atoms with Gasteiger partial charge in [0.25, 0.3) is 0 Å². The lowest BCUT2D eigenvalue weighted by Crippen LogP contribution is -2.57. The standard InChI is InChI=1S/C33H39ClN2O4/c1-20(2)35-18-25(19-35)33(5,38)24-9-13-27(14-10-24)36-31(37)16-23-15-29(39-6)30(40-21(3)4)17-28(23)32(36)22-7-11-26(34)12-8-22/h7-15,17,20-21,25,32,38H,16,18-19H2,1-6H3/t32?,33-/m1/s1. The number of ether oxygens (including phenoxy) is 2. The number of nitrogens with zero attached hydrogens (tertiary/aromatic N) is 2. The van der Waals surface area contributed by atoms with Crippen LogP contribution in [0.15, 0.2) is 60.7 Å². The zero-order valence-electron chi connectivity index (χ0n) is 24.1. The monoisotopic (exact) mass is 562 g/mol. The molecule has 40 heavy (non-hydrogen) atoms. The van der Waals surface area contributed by atoms with Gasteiger partial charge in [-0.25, -0.2) is 0 Å². The molecule has 2 aliphatic heterocycles. The number of rotatable bonds is 8. The van der Waals surface area contributed by atoms with Crippen molar-refractivity contribution in [2.24, 2.45) is 5.92 Å². The van der Waals surface area contributed by atoms with E-state index >= 15 is 0 Å². The maximum absolute atomic E-state index is 13.8. The maximum Gasteiger partial charge on any atom is 0.232 e. The van der Waals surface area contributed by atoms with Crippen LogP contribution in [0.3, 0.4) is 0 Å². The molecule has 3 aromatic carbocycles. The van der Waals surface area contributed by atoms with E-state index in [-0.39, 0.29) is 30.4 Å². The molecule has 0 radical (unpaired) electrons. The van der Waals surface area contributed by atoms with Crippen molar-refractivity contribution in [3.05, 3.63) is 87.9 Å². The highest BCUT2D eigenvalue weighted by atomic mass is 35.5. The molecule has 1 amide bonds. The third kappa shape index (κ3) is 5.32. The Labute approximate surface area is 242 Å². The van der Waals surface area contributed by atoms with Crippen LogP contribution in [0.5, 0.6) is 11.5 Å². The first-order valence-corrected chi connectivity index (χ1v) is 14.4. The minimum atomic E-state index is -0.947. The number of hydrogen-bond acceptors (Lipinski definition) is 5. The summed E-state index contributed by atoms with van der Waals surface area (Å²) in [7, 11) is 1.61. The SMILES string of the molecule is COc1cc2c(cc1OC(C)C)C(c1ccc(Cl)cc1)N(c1ccc([C@@](C)(O)C3CN(C(C)C)C3)cc1)C(=O)C2. The minimum absolute atomic E-state index is 0.0156. The number of fused-ring (bicyclic) bond motifs is 1. The molecule has 6 nitrogen and oxygen atoms in total. The molecule has 1 fully saturated rings. The fourth-order valence-electron chi connectivity index (χ4n) is 5.81. The predicted octanol–water partition coefficient (Wildman–Crippen LogP) is 6.36. The van der Waals surface area contributed by atoms with Crippen LogP contribution in [-0.2, 0) is 16.8 Å². The van der Waals surface area contributed by atoms with Crippen molar-refractivity contribution in [1.29, 1.82) is 0 Å². The van der Waals surface area contributed by atoms with Gasteiger partial charge < -0.3 is 24.4 Å². The van der Waals surface area contributed by atoms with Crippen molar-refractivity contribution in [2.45, 2.75) is 64.8 Å². The summed E-state index contributed by atoms with van der Waals surface area (Å²) in [5, 5.41) is 12.1. The number of methoxy groups -OCH3 is 1. The summed E-state index contributed by atoms with van der Waals surface area (Å²) in [6, 6.07) is 19.4. The highest BCUT2D eigenvalue weighted by Gasteiger charge is 2.43. The Kier molecular flexibility index (Phi) is 7.88. The first-order chi connectivity index (χ1) is 19.0. The van der Waals surface area contributed by atoms with E-state index < -0.39 is 5.60 Å². The molecule has 2 heterocycles. The zero-order chi connectivity index (χ0) is 28.8. The summed E-state index contributed by atoms with van der Waals surface area (Å²) in [5.74, 6) is 1.41. The topological polar surface area (TPSA) is 62.2 Å². The van der Waals surface area contributed by atoms with Gasteiger partial charge in [-0.2, -0.15) is 0 Å². The first kappa shape index (κ1) is 28.5. The van der Waals surface area contributed by atoms with Gasteiger partial charge in [-0.1, -0.05) is 35.9 Å². The highest BCUT2D eigenvalue weighted by Crippen LogP contribution is 2.44. The Morgan fingerprint density at radius 3 is 2.20 bits per heavy atom. The summed E-state index contributed by atoms with van der Waals surface area (Å²) in [5.41, 5.74) is 3.52. The Bertz CT molecular complexity index is 1360. The molecule has 212 valence electrons. The molecule has 3 aromatic rings. The van der Waals surface area contributed by atoms with Gasteiger partial charge in [0.2, 0.25) is 5.91 Å². The molecule has 0 aliphatic carbocycles. The van der Waals surface area contributed by atoms with Gasteiger partial charge in [0, 0.05) is 35.8 Å². The van der Waals surface area contributed by atoms with Crippen LogP contribution in [0.4, 0.5) is 5.69 Å². The summed E-state index contributed by atoms with van der Waals surface area (Å²) < 4.78 is 11.7. The van der Waals surface area contributed by atoms with Gasteiger partial charge >= 0.3 is 0 Å². The number of benzene rings is 3. The molecule has 7 heteroatoms. The van der Waals surface area contributed by atoms with E-state index in [1.54, 1.807) is 7.11 Å². The number of likely N-dealkylation sites (tertiary alicyclic amines) is 1. The van der Waals surface area contributed by atoms with Crippen LogP contribution in [0.1, 0.15) is 62.9 Å². The molecule has 2 atom stereocenters. The Morgan fingerprint density at radius 2 is 1.62 bits per heavy atom. The van der Waals surface area contributed by atoms with Gasteiger partial charge in [-0.3, -0.25) is 4.79 Å². The average Bonchev–Trinajstić information content (AvgIpc) is 2.87. The van der Waals surface area contributed by atoms with Crippen molar-refractivity contribution in [1.82, 2.24) is 4.90 Å². The van der Waals surface area contributed by atoms with Gasteiger partial charge in [-0.05, 0) is 93.3 Å². The second-order valence-corrected chi connectivity index (χ2v) is 12.1. The van der Waals surface area contributed by atoms with E-state index in [1.807, 2.05) is 86.3 Å². The van der Waals surface area contributed by atoms with Crippen LogP contribution in [-0.4, -0.2) is 48.3 Å². The van der Waals surface area contributed by atoms with E-state index in [4.69, 9.17) is 21.1 Å². The van der Waals surface area contributed by atoms with Gasteiger partial charge in [0.05, 0.1) is 31.3 Å². The maximum atomic E-state index is 13.8. The fourth-order valence-corrected chi connectivity index (χ4v) is 5.94. The molecule has 5 rings (SSSR count). The molecule has 0 aromatic heterocycles. The van der Waals surface area contributed by atoms with Gasteiger partial charge in [0.1, 0.15) is 0 Å². The van der Waals surface area contributed by atoms with Crippen LogP contribution >= 0.6 is 11.6 Å². The summed E-state index contributed by atoms with van der Waals surface area (Å²) in [6.45, 7) is 12.0.